The van der Waals surface area contributed by atoms with Gasteiger partial charge in [0, 0.05) is 33.2 Å². The van der Waals surface area contributed by atoms with E-state index in [1.165, 1.54) is 16.1 Å². The third-order valence-corrected chi connectivity index (χ3v) is 7.79. The topological polar surface area (TPSA) is 102 Å². The van der Waals surface area contributed by atoms with E-state index in [9.17, 15) is 13.2 Å². The van der Waals surface area contributed by atoms with Gasteiger partial charge in [0.15, 0.2) is 16.7 Å². The first kappa shape index (κ1) is 20.6. The van der Waals surface area contributed by atoms with Gasteiger partial charge < -0.3 is 13.9 Å². The number of rotatable bonds is 6. The lowest BCUT2D eigenvalue weighted by Crippen LogP contribution is -2.50. The number of benzene rings is 1. The molecule has 0 saturated carbocycles. The van der Waals surface area contributed by atoms with Gasteiger partial charge in [-0.3, -0.25) is 4.79 Å². The molecule has 1 saturated heterocycles. The summed E-state index contributed by atoms with van der Waals surface area (Å²) in [6.45, 7) is 1.28. The van der Waals surface area contributed by atoms with Crippen molar-refractivity contribution in [2.75, 3.05) is 31.9 Å². The molecule has 0 N–H and O–H groups in total. The van der Waals surface area contributed by atoms with Gasteiger partial charge in [0.05, 0.1) is 16.9 Å². The maximum atomic E-state index is 12.7. The van der Waals surface area contributed by atoms with Crippen LogP contribution in [-0.2, 0) is 21.9 Å². The summed E-state index contributed by atoms with van der Waals surface area (Å²) in [6, 6.07) is 11.9. The number of piperazine rings is 1. The van der Waals surface area contributed by atoms with Crippen LogP contribution in [0, 0.1) is 0 Å². The maximum absolute atomic E-state index is 12.7. The van der Waals surface area contributed by atoms with Gasteiger partial charge in [-0.25, -0.2) is 8.42 Å². The Labute approximate surface area is 178 Å². The Hall–Kier alpha value is -2.63. The first-order valence-corrected chi connectivity index (χ1v) is 11.8. The summed E-state index contributed by atoms with van der Waals surface area (Å²) in [7, 11) is -1.71. The van der Waals surface area contributed by atoms with Crippen LogP contribution in [-0.4, -0.2) is 70.2 Å². The Balaban J connectivity index is 1.32. The molecule has 3 aromatic rings. The number of furan rings is 1. The maximum Gasteiger partial charge on any atom is 0.243 e. The number of nitrogens with zero attached hydrogens (tertiary/aromatic N) is 5. The van der Waals surface area contributed by atoms with E-state index in [-0.39, 0.29) is 29.6 Å². The molecule has 0 bridgehead atoms. The quantitative estimate of drug-likeness (QED) is 0.530. The van der Waals surface area contributed by atoms with Gasteiger partial charge in [0.2, 0.25) is 15.9 Å². The van der Waals surface area contributed by atoms with Gasteiger partial charge in [-0.1, -0.05) is 30.0 Å². The van der Waals surface area contributed by atoms with Crippen LogP contribution in [0.1, 0.15) is 0 Å². The Bertz CT molecular complexity index is 1110. The van der Waals surface area contributed by atoms with E-state index in [1.54, 1.807) is 58.2 Å². The summed E-state index contributed by atoms with van der Waals surface area (Å²) < 4.78 is 34.0. The number of sulfonamides is 1. The third-order valence-electron chi connectivity index (χ3n) is 4.87. The van der Waals surface area contributed by atoms with Gasteiger partial charge >= 0.3 is 0 Å². The summed E-state index contributed by atoms with van der Waals surface area (Å²) in [4.78, 5) is 14.6. The summed E-state index contributed by atoms with van der Waals surface area (Å²) >= 11 is 1.29. The SMILES string of the molecule is Cn1c(SCC(=O)N2CCN(S(=O)(=O)c3ccccc3)CC2)nnc1-c1ccco1. The molecule has 158 valence electrons. The summed E-state index contributed by atoms with van der Waals surface area (Å²) in [6.07, 6.45) is 1.57. The molecule has 0 unspecified atom stereocenters. The van der Waals surface area contributed by atoms with Crippen LogP contribution in [0.15, 0.2) is 63.2 Å². The number of carbonyl (C=O) groups is 1. The van der Waals surface area contributed by atoms with E-state index >= 15 is 0 Å². The Morgan fingerprint density at radius 1 is 1.07 bits per heavy atom. The molecule has 1 amide bonds. The summed E-state index contributed by atoms with van der Waals surface area (Å²) in [5.41, 5.74) is 0. The van der Waals surface area contributed by atoms with Crippen molar-refractivity contribution in [2.45, 2.75) is 10.1 Å². The van der Waals surface area contributed by atoms with Crippen LogP contribution >= 0.6 is 11.8 Å². The molecule has 1 fully saturated rings. The minimum absolute atomic E-state index is 0.0562. The second-order valence-electron chi connectivity index (χ2n) is 6.73. The largest absolute Gasteiger partial charge is 0.461 e. The van der Waals surface area contributed by atoms with E-state index in [1.807, 2.05) is 7.05 Å². The highest BCUT2D eigenvalue weighted by Crippen LogP contribution is 2.23. The highest BCUT2D eigenvalue weighted by molar-refractivity contribution is 7.99. The van der Waals surface area contributed by atoms with Crippen molar-refractivity contribution in [3.05, 3.63) is 48.7 Å². The highest BCUT2D eigenvalue weighted by Gasteiger charge is 2.30. The van der Waals surface area contributed by atoms with E-state index in [0.717, 1.165) is 0 Å². The number of carbonyl (C=O) groups excluding carboxylic acids is 1. The highest BCUT2D eigenvalue weighted by atomic mass is 32.2. The summed E-state index contributed by atoms with van der Waals surface area (Å²) in [5.74, 6) is 1.35. The minimum atomic E-state index is -3.53. The molecule has 11 heteroatoms. The second-order valence-corrected chi connectivity index (χ2v) is 9.61. The molecule has 1 aromatic carbocycles. The van der Waals surface area contributed by atoms with E-state index in [0.29, 0.717) is 29.8 Å². The smallest absolute Gasteiger partial charge is 0.243 e. The number of thioether (sulfide) groups is 1. The van der Waals surface area contributed by atoms with Gasteiger partial charge in [-0.2, -0.15) is 4.31 Å². The number of aromatic nitrogens is 3. The number of hydrogen-bond acceptors (Lipinski definition) is 7. The lowest BCUT2D eigenvalue weighted by Gasteiger charge is -2.34. The van der Waals surface area contributed by atoms with Gasteiger partial charge in [-0.05, 0) is 24.3 Å². The van der Waals surface area contributed by atoms with Crippen molar-refractivity contribution in [1.82, 2.24) is 24.0 Å². The van der Waals surface area contributed by atoms with E-state index < -0.39 is 10.0 Å². The molecule has 30 heavy (non-hydrogen) atoms. The van der Waals surface area contributed by atoms with Crippen molar-refractivity contribution in [3.63, 3.8) is 0 Å². The molecule has 0 atom stereocenters. The Kier molecular flexibility index (Phi) is 5.93. The molecule has 1 aliphatic heterocycles. The molecule has 1 aliphatic rings. The van der Waals surface area contributed by atoms with Crippen LogP contribution in [0.3, 0.4) is 0 Å². The van der Waals surface area contributed by atoms with Crippen LogP contribution in [0.2, 0.25) is 0 Å². The molecular weight excluding hydrogens is 426 g/mol. The van der Waals surface area contributed by atoms with Crippen molar-refractivity contribution in [1.29, 1.82) is 0 Å². The monoisotopic (exact) mass is 447 g/mol. The first-order valence-electron chi connectivity index (χ1n) is 9.36. The van der Waals surface area contributed by atoms with E-state index in [4.69, 9.17) is 4.42 Å². The van der Waals surface area contributed by atoms with Crippen molar-refractivity contribution >= 4 is 27.7 Å². The second kappa shape index (κ2) is 8.62. The molecule has 9 nitrogen and oxygen atoms in total. The van der Waals surface area contributed by atoms with Gasteiger partial charge in [-0.15, -0.1) is 10.2 Å². The standard InChI is InChI=1S/C19H21N5O4S2/c1-22-18(16-8-5-13-28-16)20-21-19(22)29-14-17(25)23-9-11-24(12-10-23)30(26,27)15-6-3-2-4-7-15/h2-8,13H,9-12,14H2,1H3. The zero-order chi connectivity index (χ0) is 21.1. The number of hydrogen-bond donors (Lipinski definition) is 0. The predicted octanol–water partition coefficient (Wildman–Crippen LogP) is 1.70. The van der Waals surface area contributed by atoms with Crippen molar-refractivity contribution in [2.24, 2.45) is 7.05 Å². The number of amides is 1. The fraction of sp³-hybridized carbons (Fsp3) is 0.316. The molecule has 0 spiro atoms. The van der Waals surface area contributed by atoms with Crippen LogP contribution in [0.25, 0.3) is 11.6 Å². The molecule has 2 aromatic heterocycles. The van der Waals surface area contributed by atoms with Gasteiger partial charge in [0.25, 0.3) is 0 Å². The van der Waals surface area contributed by atoms with Crippen LogP contribution in [0.5, 0.6) is 0 Å². The molecule has 3 heterocycles. The Morgan fingerprint density at radius 3 is 2.47 bits per heavy atom. The van der Waals surface area contributed by atoms with Crippen molar-refractivity contribution in [3.8, 4) is 11.6 Å². The first-order chi connectivity index (χ1) is 14.5. The predicted molar refractivity (Wildman–Crippen MR) is 111 cm³/mol. The zero-order valence-corrected chi connectivity index (χ0v) is 18.0. The average molecular weight is 448 g/mol. The fourth-order valence-corrected chi connectivity index (χ4v) is 5.45. The normalized spacial score (nSPS) is 15.4. The van der Waals surface area contributed by atoms with Crippen LogP contribution in [0.4, 0.5) is 0 Å². The summed E-state index contributed by atoms with van der Waals surface area (Å²) in [5, 5.41) is 8.85. The lowest BCUT2D eigenvalue weighted by molar-refractivity contribution is -0.129. The Morgan fingerprint density at radius 2 is 1.80 bits per heavy atom. The van der Waals surface area contributed by atoms with E-state index in [2.05, 4.69) is 10.2 Å². The average Bonchev–Trinajstić information content (AvgIpc) is 3.42. The lowest BCUT2D eigenvalue weighted by atomic mass is 10.3. The van der Waals surface area contributed by atoms with Gasteiger partial charge in [0.1, 0.15) is 0 Å². The van der Waals surface area contributed by atoms with Crippen molar-refractivity contribution < 1.29 is 17.6 Å². The van der Waals surface area contributed by atoms with Crippen LogP contribution < -0.4 is 0 Å². The minimum Gasteiger partial charge on any atom is -0.461 e. The third kappa shape index (κ3) is 4.13. The molecule has 4 rings (SSSR count). The molecule has 0 radical (unpaired) electrons. The molecular formula is C19H21N5O4S2. The molecule has 0 aliphatic carbocycles. The zero-order valence-electron chi connectivity index (χ0n) is 16.3. The fourth-order valence-electron chi connectivity index (χ4n) is 3.20.